The lowest BCUT2D eigenvalue weighted by molar-refractivity contribution is -0.847. The highest BCUT2D eigenvalue weighted by Gasteiger charge is 2.08. The number of hydroxylamine groups is 2. The zero-order valence-corrected chi connectivity index (χ0v) is 17.0. The van der Waals surface area contributed by atoms with Gasteiger partial charge in [0.15, 0.2) is 0 Å². The molecule has 1 heterocycles. The monoisotopic (exact) mass is 408 g/mol. The second-order valence-electron chi connectivity index (χ2n) is 6.83. The van der Waals surface area contributed by atoms with Crippen LogP contribution in [0.5, 0.6) is 0 Å². The van der Waals surface area contributed by atoms with E-state index < -0.39 is 0 Å². The van der Waals surface area contributed by atoms with Crippen molar-refractivity contribution in [1.29, 1.82) is 0 Å². The largest absolute Gasteiger partial charge is 0.634 e. The number of aromatic nitrogens is 1. The van der Waals surface area contributed by atoms with Crippen molar-refractivity contribution in [2.75, 3.05) is 13.1 Å². The molecular formula is C23H21ClN2OS. The SMILES string of the molecule is [O-][NH+](CCc1csc(-c2ccc(Cl)cc2)n1)CCc1cccc2ccccc12. The van der Waals surface area contributed by atoms with Crippen LogP contribution in [0.3, 0.4) is 0 Å². The van der Waals surface area contributed by atoms with Gasteiger partial charge in [-0.1, -0.05) is 66.2 Å². The Morgan fingerprint density at radius 2 is 1.64 bits per heavy atom. The van der Waals surface area contributed by atoms with Gasteiger partial charge in [0.25, 0.3) is 0 Å². The molecule has 0 aliphatic carbocycles. The van der Waals surface area contributed by atoms with Gasteiger partial charge in [-0.25, -0.2) is 4.98 Å². The Labute approximate surface area is 173 Å². The van der Waals surface area contributed by atoms with Crippen LogP contribution in [0.1, 0.15) is 11.3 Å². The average Bonchev–Trinajstić information content (AvgIpc) is 3.20. The number of thiazole rings is 1. The van der Waals surface area contributed by atoms with Gasteiger partial charge in [0, 0.05) is 28.8 Å². The highest BCUT2D eigenvalue weighted by atomic mass is 35.5. The molecule has 1 N–H and O–H groups in total. The first-order valence-corrected chi connectivity index (χ1v) is 10.6. The molecule has 0 bridgehead atoms. The van der Waals surface area contributed by atoms with Crippen molar-refractivity contribution < 1.29 is 5.06 Å². The number of rotatable bonds is 7. The summed E-state index contributed by atoms with van der Waals surface area (Å²) in [6, 6.07) is 22.3. The van der Waals surface area contributed by atoms with Gasteiger partial charge in [0.1, 0.15) is 5.01 Å². The number of fused-ring (bicyclic) bond motifs is 1. The summed E-state index contributed by atoms with van der Waals surface area (Å²) >= 11 is 7.55. The van der Waals surface area contributed by atoms with Crippen LogP contribution in [0.2, 0.25) is 5.02 Å². The smallest absolute Gasteiger partial charge is 0.123 e. The van der Waals surface area contributed by atoms with Crippen LogP contribution in [-0.4, -0.2) is 18.1 Å². The zero-order chi connectivity index (χ0) is 19.3. The molecule has 5 heteroatoms. The third-order valence-corrected chi connectivity index (χ3v) is 6.05. The Hall–Kier alpha value is -2.24. The van der Waals surface area contributed by atoms with Gasteiger partial charge < -0.3 is 10.3 Å². The summed E-state index contributed by atoms with van der Waals surface area (Å²) in [7, 11) is 0. The van der Waals surface area contributed by atoms with E-state index >= 15 is 0 Å². The molecular weight excluding hydrogens is 388 g/mol. The van der Waals surface area contributed by atoms with Gasteiger partial charge in [-0.3, -0.25) is 0 Å². The molecule has 28 heavy (non-hydrogen) atoms. The Bertz CT molecular complexity index is 1060. The second-order valence-corrected chi connectivity index (χ2v) is 8.12. The summed E-state index contributed by atoms with van der Waals surface area (Å²) in [5.41, 5.74) is 3.28. The predicted molar refractivity (Wildman–Crippen MR) is 118 cm³/mol. The molecule has 3 aromatic carbocycles. The summed E-state index contributed by atoms with van der Waals surface area (Å²) in [5, 5.41) is 18.9. The first-order chi connectivity index (χ1) is 13.7. The first kappa shape index (κ1) is 19.1. The number of hydrogen-bond acceptors (Lipinski definition) is 3. The van der Waals surface area contributed by atoms with E-state index in [9.17, 15) is 5.21 Å². The molecule has 0 spiro atoms. The van der Waals surface area contributed by atoms with Gasteiger partial charge in [-0.15, -0.1) is 11.3 Å². The summed E-state index contributed by atoms with van der Waals surface area (Å²) in [6.45, 7) is 1.11. The highest BCUT2D eigenvalue weighted by molar-refractivity contribution is 7.13. The van der Waals surface area contributed by atoms with E-state index in [4.69, 9.17) is 11.6 Å². The molecule has 1 atom stereocenters. The Morgan fingerprint density at radius 3 is 2.50 bits per heavy atom. The topological polar surface area (TPSA) is 40.4 Å². The van der Waals surface area contributed by atoms with Crippen molar-refractivity contribution in [3.63, 3.8) is 0 Å². The van der Waals surface area contributed by atoms with Gasteiger partial charge in [-0.05, 0) is 28.5 Å². The first-order valence-electron chi connectivity index (χ1n) is 9.38. The molecule has 1 unspecified atom stereocenters. The van der Waals surface area contributed by atoms with Gasteiger partial charge in [0.2, 0.25) is 0 Å². The summed E-state index contributed by atoms with van der Waals surface area (Å²) in [6.07, 6.45) is 1.48. The minimum Gasteiger partial charge on any atom is -0.634 e. The van der Waals surface area contributed by atoms with Gasteiger partial charge in [-0.2, -0.15) is 0 Å². The molecule has 0 aliphatic rings. The lowest BCUT2D eigenvalue weighted by Gasteiger charge is -2.22. The molecule has 3 nitrogen and oxygen atoms in total. The standard InChI is InChI=1S/C23H21ClN2OS/c24-20-10-8-19(9-11-20)23-25-21(16-28-23)13-15-26(27)14-12-18-6-3-5-17-4-1-2-7-22(17)18/h1-11,16,26H,12-15H2. The third-order valence-electron chi connectivity index (χ3n) is 4.86. The van der Waals surface area contributed by atoms with Crippen LogP contribution in [0.25, 0.3) is 21.3 Å². The van der Waals surface area contributed by atoms with Crippen molar-refractivity contribution >= 4 is 33.7 Å². The van der Waals surface area contributed by atoms with Crippen LogP contribution < -0.4 is 5.06 Å². The van der Waals surface area contributed by atoms with E-state index in [2.05, 4.69) is 35.3 Å². The molecule has 0 aliphatic heterocycles. The molecule has 0 radical (unpaired) electrons. The number of benzene rings is 3. The Kier molecular flexibility index (Phi) is 6.03. The number of hydrogen-bond donors (Lipinski definition) is 1. The van der Waals surface area contributed by atoms with Gasteiger partial charge >= 0.3 is 0 Å². The van der Waals surface area contributed by atoms with Crippen LogP contribution in [-0.2, 0) is 12.8 Å². The van der Waals surface area contributed by atoms with E-state index in [0.717, 1.165) is 27.7 Å². The predicted octanol–water partition coefficient (Wildman–Crippen LogP) is 4.78. The molecule has 0 amide bonds. The number of quaternary nitrogens is 1. The van der Waals surface area contributed by atoms with Crippen molar-refractivity contribution in [2.45, 2.75) is 12.8 Å². The third kappa shape index (κ3) is 4.59. The number of halogens is 1. The highest BCUT2D eigenvalue weighted by Crippen LogP contribution is 2.25. The van der Waals surface area contributed by atoms with E-state index in [0.29, 0.717) is 19.5 Å². The van der Waals surface area contributed by atoms with Crippen molar-refractivity contribution in [1.82, 2.24) is 4.98 Å². The maximum atomic E-state index is 12.4. The van der Waals surface area contributed by atoms with Crippen molar-refractivity contribution in [2.24, 2.45) is 0 Å². The minimum atomic E-state index is 0.286. The molecule has 4 rings (SSSR count). The minimum absolute atomic E-state index is 0.286. The molecule has 1 aromatic heterocycles. The normalized spacial score (nSPS) is 12.4. The fraction of sp³-hybridized carbons (Fsp3) is 0.174. The fourth-order valence-electron chi connectivity index (χ4n) is 3.32. The number of nitrogens with zero attached hydrogens (tertiary/aromatic N) is 1. The summed E-state index contributed by atoms with van der Waals surface area (Å²) in [5.74, 6) is 0. The molecule has 0 saturated heterocycles. The molecule has 0 saturated carbocycles. The Balaban J connectivity index is 1.32. The molecule has 0 fully saturated rings. The van der Waals surface area contributed by atoms with E-state index in [1.54, 1.807) is 11.3 Å². The second kappa shape index (κ2) is 8.84. The van der Waals surface area contributed by atoms with E-state index in [-0.39, 0.29) is 5.06 Å². The van der Waals surface area contributed by atoms with Crippen LogP contribution >= 0.6 is 22.9 Å². The van der Waals surface area contributed by atoms with Gasteiger partial charge in [0.05, 0.1) is 18.8 Å². The molecule has 142 valence electrons. The van der Waals surface area contributed by atoms with E-state index in [1.165, 1.54) is 16.3 Å². The fourth-order valence-corrected chi connectivity index (χ4v) is 4.31. The van der Waals surface area contributed by atoms with Crippen LogP contribution in [0, 0.1) is 5.21 Å². The lowest BCUT2D eigenvalue weighted by atomic mass is 10.0. The number of nitrogens with one attached hydrogen (secondary N) is 1. The zero-order valence-electron chi connectivity index (χ0n) is 15.4. The Morgan fingerprint density at radius 1 is 0.893 bits per heavy atom. The van der Waals surface area contributed by atoms with E-state index in [1.807, 2.05) is 41.8 Å². The lowest BCUT2D eigenvalue weighted by Crippen LogP contribution is -3.07. The maximum Gasteiger partial charge on any atom is 0.123 e. The van der Waals surface area contributed by atoms with Crippen LogP contribution in [0.4, 0.5) is 0 Å². The maximum absolute atomic E-state index is 12.4. The summed E-state index contributed by atoms with van der Waals surface area (Å²) in [4.78, 5) is 4.66. The average molecular weight is 409 g/mol. The van der Waals surface area contributed by atoms with Crippen LogP contribution in [0.15, 0.2) is 72.1 Å². The quantitative estimate of drug-likeness (QED) is 0.447. The molecule has 4 aromatic rings. The van der Waals surface area contributed by atoms with Crippen molar-refractivity contribution in [3.8, 4) is 10.6 Å². The van der Waals surface area contributed by atoms with Crippen molar-refractivity contribution in [3.05, 3.63) is 93.6 Å². The summed E-state index contributed by atoms with van der Waals surface area (Å²) < 4.78 is 0.